The highest BCUT2D eigenvalue weighted by Gasteiger charge is 2.35. The van der Waals surface area contributed by atoms with Crippen molar-refractivity contribution < 1.29 is 23.1 Å². The summed E-state index contributed by atoms with van der Waals surface area (Å²) < 4.78 is 37.6. The van der Waals surface area contributed by atoms with E-state index in [2.05, 4.69) is 0 Å². The smallest absolute Gasteiger partial charge is 0.385 e. The van der Waals surface area contributed by atoms with Gasteiger partial charge in [0.15, 0.2) is 5.78 Å². The van der Waals surface area contributed by atoms with Gasteiger partial charge in [-0.1, -0.05) is 25.1 Å². The van der Waals surface area contributed by atoms with Gasteiger partial charge in [-0.3, -0.25) is 4.79 Å². The fraction of sp³-hybridized carbons (Fsp3) is 0.364. The first-order chi connectivity index (χ1) is 7.38. The first-order valence-electron chi connectivity index (χ1n) is 4.76. The van der Waals surface area contributed by atoms with Crippen molar-refractivity contribution in [3.8, 4) is 0 Å². The van der Waals surface area contributed by atoms with Crippen molar-refractivity contribution in [2.24, 2.45) is 0 Å². The van der Waals surface area contributed by atoms with E-state index in [1.54, 1.807) is 0 Å². The summed E-state index contributed by atoms with van der Waals surface area (Å²) >= 11 is 0. The van der Waals surface area contributed by atoms with Crippen LogP contribution < -0.4 is 0 Å². The summed E-state index contributed by atoms with van der Waals surface area (Å²) in [7, 11) is 0. The van der Waals surface area contributed by atoms with E-state index in [0.29, 0.717) is 0 Å². The highest BCUT2D eigenvalue weighted by molar-refractivity contribution is 6.00. The Balaban J connectivity index is 3.19. The van der Waals surface area contributed by atoms with Gasteiger partial charge in [-0.15, -0.1) is 0 Å². The van der Waals surface area contributed by atoms with Crippen LogP contribution >= 0.6 is 0 Å². The second-order valence-electron chi connectivity index (χ2n) is 3.33. The van der Waals surface area contributed by atoms with E-state index in [4.69, 9.17) is 0 Å². The van der Waals surface area contributed by atoms with Gasteiger partial charge in [-0.2, -0.15) is 13.2 Å². The van der Waals surface area contributed by atoms with Crippen LogP contribution in [0.25, 0.3) is 0 Å². The lowest BCUT2D eigenvalue weighted by atomic mass is 9.99. The minimum atomic E-state index is -4.58. The van der Waals surface area contributed by atoms with Crippen molar-refractivity contribution in [2.45, 2.75) is 25.6 Å². The fourth-order valence-corrected chi connectivity index (χ4v) is 1.31. The molecule has 0 saturated carbocycles. The lowest BCUT2D eigenvalue weighted by Crippen LogP contribution is -2.23. The summed E-state index contributed by atoms with van der Waals surface area (Å²) in [6.07, 6.45) is -5.88. The van der Waals surface area contributed by atoms with E-state index in [1.807, 2.05) is 0 Å². The molecule has 1 unspecified atom stereocenters. The van der Waals surface area contributed by atoms with Crippen molar-refractivity contribution >= 4 is 5.78 Å². The summed E-state index contributed by atoms with van der Waals surface area (Å²) in [5.41, 5.74) is -1.49. The van der Waals surface area contributed by atoms with Crippen LogP contribution in [0.15, 0.2) is 24.3 Å². The lowest BCUT2D eigenvalue weighted by Gasteiger charge is -2.13. The topological polar surface area (TPSA) is 37.3 Å². The van der Waals surface area contributed by atoms with Gasteiger partial charge in [0.1, 0.15) is 6.10 Å². The quantitative estimate of drug-likeness (QED) is 0.813. The van der Waals surface area contributed by atoms with Crippen molar-refractivity contribution in [2.75, 3.05) is 0 Å². The molecule has 16 heavy (non-hydrogen) atoms. The molecule has 0 radical (unpaired) electrons. The molecular weight excluding hydrogens is 221 g/mol. The predicted molar refractivity (Wildman–Crippen MR) is 52.1 cm³/mol. The zero-order valence-corrected chi connectivity index (χ0v) is 8.58. The summed E-state index contributed by atoms with van der Waals surface area (Å²) in [5, 5.41) is 9.25. The van der Waals surface area contributed by atoms with Gasteiger partial charge < -0.3 is 5.11 Å². The zero-order chi connectivity index (χ0) is 12.3. The molecule has 0 bridgehead atoms. The molecule has 0 spiro atoms. The second kappa shape index (κ2) is 4.65. The van der Waals surface area contributed by atoms with Gasteiger partial charge in [0, 0.05) is 5.56 Å². The van der Waals surface area contributed by atoms with Gasteiger partial charge in [-0.05, 0) is 12.5 Å². The van der Waals surface area contributed by atoms with Crippen LogP contribution in [0.1, 0.15) is 29.3 Å². The van der Waals surface area contributed by atoms with Crippen molar-refractivity contribution in [3.05, 3.63) is 35.4 Å². The number of ketones is 1. The maximum Gasteiger partial charge on any atom is 0.417 e. The van der Waals surface area contributed by atoms with Crippen LogP contribution in [0.4, 0.5) is 13.2 Å². The predicted octanol–water partition coefficient (Wildman–Crippen LogP) is 2.66. The van der Waals surface area contributed by atoms with Gasteiger partial charge in [0.2, 0.25) is 0 Å². The van der Waals surface area contributed by atoms with E-state index in [0.717, 1.165) is 12.1 Å². The summed E-state index contributed by atoms with van der Waals surface area (Å²) in [6.45, 7) is 1.53. The maximum atomic E-state index is 12.5. The van der Waals surface area contributed by atoms with Crippen LogP contribution in [0.2, 0.25) is 0 Å². The Morgan fingerprint density at radius 2 is 1.94 bits per heavy atom. The molecule has 0 aliphatic carbocycles. The monoisotopic (exact) mass is 232 g/mol. The van der Waals surface area contributed by atoms with Crippen molar-refractivity contribution in [1.82, 2.24) is 0 Å². The Morgan fingerprint density at radius 3 is 2.44 bits per heavy atom. The molecule has 0 aliphatic rings. The van der Waals surface area contributed by atoms with E-state index in [1.165, 1.54) is 19.1 Å². The number of rotatable bonds is 3. The van der Waals surface area contributed by atoms with Gasteiger partial charge >= 0.3 is 6.18 Å². The Labute approximate surface area is 90.7 Å². The number of hydrogen-bond acceptors (Lipinski definition) is 2. The highest BCUT2D eigenvalue weighted by Crippen LogP contribution is 2.32. The van der Waals surface area contributed by atoms with E-state index in [9.17, 15) is 23.1 Å². The Morgan fingerprint density at radius 1 is 1.38 bits per heavy atom. The van der Waals surface area contributed by atoms with Gasteiger partial charge in [-0.25, -0.2) is 0 Å². The SMILES string of the molecule is CCC(O)C(=O)c1ccccc1C(F)(F)F. The molecule has 0 aliphatic heterocycles. The first-order valence-corrected chi connectivity index (χ1v) is 4.76. The number of aliphatic hydroxyl groups is 1. The number of carbonyl (C=O) groups excluding carboxylic acids is 1. The molecule has 0 heterocycles. The molecule has 1 aromatic rings. The van der Waals surface area contributed by atoms with Crippen molar-refractivity contribution in [3.63, 3.8) is 0 Å². The molecule has 0 amide bonds. The average Bonchev–Trinajstić information content (AvgIpc) is 2.26. The molecule has 1 atom stereocenters. The number of Topliss-reactive ketones (excluding diaryl/α,β-unsaturated/α-hetero) is 1. The van der Waals surface area contributed by atoms with E-state index >= 15 is 0 Å². The third kappa shape index (κ3) is 2.61. The average molecular weight is 232 g/mol. The number of halogens is 3. The molecule has 0 fully saturated rings. The summed E-state index contributed by atoms with van der Waals surface area (Å²) in [4.78, 5) is 11.5. The molecule has 1 rings (SSSR count). The van der Waals surface area contributed by atoms with Crippen LogP contribution in [-0.2, 0) is 6.18 Å². The molecule has 2 nitrogen and oxygen atoms in total. The van der Waals surface area contributed by atoms with Crippen LogP contribution in [0, 0.1) is 0 Å². The van der Waals surface area contributed by atoms with E-state index < -0.39 is 29.2 Å². The highest BCUT2D eigenvalue weighted by atomic mass is 19.4. The normalized spacial score (nSPS) is 13.6. The number of carbonyl (C=O) groups is 1. The number of alkyl halides is 3. The number of aliphatic hydroxyl groups excluding tert-OH is 1. The zero-order valence-electron chi connectivity index (χ0n) is 8.58. The molecule has 1 aromatic carbocycles. The van der Waals surface area contributed by atoms with Crippen LogP contribution in [-0.4, -0.2) is 17.0 Å². The standard InChI is InChI=1S/C11H11F3O2/c1-2-9(15)10(16)7-5-3-4-6-8(7)11(12,13)14/h3-6,9,15H,2H2,1H3. The summed E-state index contributed by atoms with van der Waals surface area (Å²) in [6, 6.07) is 4.45. The minimum Gasteiger partial charge on any atom is -0.385 e. The third-order valence-electron chi connectivity index (χ3n) is 2.19. The van der Waals surface area contributed by atoms with Crippen LogP contribution in [0.3, 0.4) is 0 Å². The number of benzene rings is 1. The second-order valence-corrected chi connectivity index (χ2v) is 3.33. The molecular formula is C11H11F3O2. The molecule has 5 heteroatoms. The van der Waals surface area contributed by atoms with Gasteiger partial charge in [0.25, 0.3) is 0 Å². The minimum absolute atomic E-state index is 0.0883. The van der Waals surface area contributed by atoms with Crippen molar-refractivity contribution in [1.29, 1.82) is 0 Å². The van der Waals surface area contributed by atoms with E-state index in [-0.39, 0.29) is 6.42 Å². The molecule has 0 aromatic heterocycles. The maximum absolute atomic E-state index is 12.5. The Hall–Kier alpha value is -1.36. The third-order valence-corrected chi connectivity index (χ3v) is 2.19. The fourth-order valence-electron chi connectivity index (χ4n) is 1.31. The lowest BCUT2D eigenvalue weighted by molar-refractivity contribution is -0.138. The summed E-state index contributed by atoms with van der Waals surface area (Å²) in [5.74, 6) is -0.893. The van der Waals surface area contributed by atoms with Crippen LogP contribution in [0.5, 0.6) is 0 Å². The van der Waals surface area contributed by atoms with Gasteiger partial charge in [0.05, 0.1) is 5.56 Å². The Kier molecular flexibility index (Phi) is 3.70. The Bertz CT molecular complexity index is 385. The molecule has 1 N–H and O–H groups in total. The largest absolute Gasteiger partial charge is 0.417 e. The number of hydrogen-bond donors (Lipinski definition) is 1. The first kappa shape index (κ1) is 12.7. The molecule has 0 saturated heterocycles. The molecule has 88 valence electrons.